The van der Waals surface area contributed by atoms with Crippen molar-refractivity contribution in [3.63, 3.8) is 0 Å². The van der Waals surface area contributed by atoms with Crippen molar-refractivity contribution in [1.29, 1.82) is 0 Å². The fourth-order valence-electron chi connectivity index (χ4n) is 1.14. The largest absolute Gasteiger partial charge is 0.382 e. The minimum atomic E-state index is 0.450. The van der Waals surface area contributed by atoms with Crippen LogP contribution in [0.25, 0.3) is 0 Å². The summed E-state index contributed by atoms with van der Waals surface area (Å²) in [5.74, 6) is 0.450. The van der Waals surface area contributed by atoms with E-state index in [0.29, 0.717) is 27.2 Å². The zero-order valence-corrected chi connectivity index (χ0v) is 9.10. The summed E-state index contributed by atoms with van der Waals surface area (Å²) in [4.78, 5) is 0. The lowest BCUT2D eigenvalue weighted by Gasteiger charge is -2.07. The van der Waals surface area contributed by atoms with Gasteiger partial charge in [0.1, 0.15) is 11.5 Å². The van der Waals surface area contributed by atoms with E-state index >= 15 is 0 Å². The van der Waals surface area contributed by atoms with Gasteiger partial charge in [-0.2, -0.15) is 5.10 Å². The molecule has 4 N–H and O–H groups in total. The lowest BCUT2D eigenvalue weighted by molar-refractivity contribution is 1.10. The first-order valence-corrected chi connectivity index (χ1v) is 4.94. The van der Waals surface area contributed by atoms with Crippen molar-refractivity contribution in [3.8, 4) is 0 Å². The number of nitrogens with zero attached hydrogens (tertiary/aromatic N) is 1. The molecular weight excluding hydrogens is 235 g/mol. The summed E-state index contributed by atoms with van der Waals surface area (Å²) in [6.45, 7) is 0. The average Bonchev–Trinajstić information content (AvgIpc) is 2.60. The number of anilines is 3. The number of nitrogens with one attached hydrogen (secondary N) is 2. The topological polar surface area (TPSA) is 66.7 Å². The number of benzene rings is 1. The molecule has 4 nitrogen and oxygen atoms in total. The van der Waals surface area contributed by atoms with Crippen LogP contribution < -0.4 is 11.1 Å². The van der Waals surface area contributed by atoms with Crippen LogP contribution in [0.1, 0.15) is 0 Å². The monoisotopic (exact) mass is 242 g/mol. The lowest BCUT2D eigenvalue weighted by Crippen LogP contribution is -1.94. The van der Waals surface area contributed by atoms with Crippen LogP contribution in [0.3, 0.4) is 0 Å². The highest BCUT2D eigenvalue weighted by Gasteiger charge is 2.06. The van der Waals surface area contributed by atoms with Gasteiger partial charge in [0.15, 0.2) is 0 Å². The van der Waals surface area contributed by atoms with Crippen molar-refractivity contribution in [2.24, 2.45) is 0 Å². The number of hydrogen-bond donors (Lipinski definition) is 3. The maximum absolute atomic E-state index is 6.00. The highest BCUT2D eigenvalue weighted by atomic mass is 35.5. The smallest absolute Gasteiger partial charge is 0.143 e. The van der Waals surface area contributed by atoms with E-state index < -0.39 is 0 Å². The van der Waals surface area contributed by atoms with Crippen LogP contribution in [-0.4, -0.2) is 10.2 Å². The maximum atomic E-state index is 6.00. The molecule has 1 aromatic heterocycles. The zero-order valence-electron chi connectivity index (χ0n) is 7.59. The van der Waals surface area contributed by atoms with Crippen molar-refractivity contribution >= 4 is 40.4 Å². The number of aromatic nitrogens is 2. The van der Waals surface area contributed by atoms with E-state index in [4.69, 9.17) is 28.9 Å². The van der Waals surface area contributed by atoms with Crippen molar-refractivity contribution in [2.45, 2.75) is 0 Å². The molecule has 0 spiro atoms. The highest BCUT2D eigenvalue weighted by molar-refractivity contribution is 6.43. The summed E-state index contributed by atoms with van der Waals surface area (Å²) in [5, 5.41) is 10.4. The van der Waals surface area contributed by atoms with Crippen molar-refractivity contribution in [1.82, 2.24) is 10.2 Å². The van der Waals surface area contributed by atoms with Gasteiger partial charge in [0, 0.05) is 0 Å². The SMILES string of the molecule is Nc1[nH]ncc1Nc1cccc(Cl)c1Cl. The molecule has 1 aromatic carbocycles. The van der Waals surface area contributed by atoms with Crippen LogP contribution in [0.5, 0.6) is 0 Å². The van der Waals surface area contributed by atoms with Crippen molar-refractivity contribution in [3.05, 3.63) is 34.4 Å². The Labute approximate surface area is 96.4 Å². The molecule has 78 valence electrons. The summed E-state index contributed by atoms with van der Waals surface area (Å²) >= 11 is 11.9. The number of H-pyrrole nitrogens is 1. The number of halogens is 2. The number of nitrogens with two attached hydrogens (primary N) is 1. The average molecular weight is 243 g/mol. The second kappa shape index (κ2) is 4.00. The summed E-state index contributed by atoms with van der Waals surface area (Å²) in [6.07, 6.45) is 1.58. The third kappa shape index (κ3) is 2.00. The van der Waals surface area contributed by atoms with Crippen molar-refractivity contribution < 1.29 is 0 Å². The third-order valence-corrected chi connectivity index (χ3v) is 2.71. The Morgan fingerprint density at radius 2 is 2.07 bits per heavy atom. The molecule has 0 aliphatic rings. The standard InChI is InChI=1S/C9H8Cl2N4/c10-5-2-1-3-6(8(5)11)14-7-4-13-15-9(7)12/h1-4,14H,(H3,12,13,15). The van der Waals surface area contributed by atoms with Gasteiger partial charge in [-0.15, -0.1) is 0 Å². The van der Waals surface area contributed by atoms with Gasteiger partial charge in [-0.3, -0.25) is 5.10 Å². The van der Waals surface area contributed by atoms with E-state index in [-0.39, 0.29) is 0 Å². The molecule has 6 heteroatoms. The van der Waals surface area contributed by atoms with Gasteiger partial charge in [-0.1, -0.05) is 29.3 Å². The van der Waals surface area contributed by atoms with Crippen LogP contribution in [-0.2, 0) is 0 Å². The predicted octanol–water partition coefficient (Wildman–Crippen LogP) is 3.04. The molecule has 0 aliphatic carbocycles. The fourth-order valence-corrected chi connectivity index (χ4v) is 1.49. The molecule has 0 radical (unpaired) electrons. The van der Waals surface area contributed by atoms with E-state index in [0.717, 1.165) is 0 Å². The van der Waals surface area contributed by atoms with E-state index in [1.165, 1.54) is 0 Å². The molecule has 2 rings (SSSR count). The van der Waals surface area contributed by atoms with Crippen LogP contribution >= 0.6 is 23.2 Å². The summed E-state index contributed by atoms with van der Waals surface area (Å²) < 4.78 is 0. The Kier molecular flexibility index (Phi) is 2.70. The molecular formula is C9H8Cl2N4. The Bertz CT molecular complexity index is 481. The van der Waals surface area contributed by atoms with Gasteiger partial charge in [0.2, 0.25) is 0 Å². The molecule has 0 saturated heterocycles. The molecule has 2 aromatic rings. The van der Waals surface area contributed by atoms with Crippen LogP contribution in [0.2, 0.25) is 10.0 Å². The predicted molar refractivity (Wildman–Crippen MR) is 62.7 cm³/mol. The number of aromatic amines is 1. The minimum Gasteiger partial charge on any atom is -0.382 e. The van der Waals surface area contributed by atoms with Crippen LogP contribution in [0, 0.1) is 0 Å². The molecule has 0 saturated carbocycles. The second-order valence-electron chi connectivity index (χ2n) is 2.92. The fraction of sp³-hybridized carbons (Fsp3) is 0. The molecule has 1 heterocycles. The highest BCUT2D eigenvalue weighted by Crippen LogP contribution is 2.32. The van der Waals surface area contributed by atoms with E-state index in [2.05, 4.69) is 15.5 Å². The maximum Gasteiger partial charge on any atom is 0.143 e. The van der Waals surface area contributed by atoms with E-state index in [9.17, 15) is 0 Å². The normalized spacial score (nSPS) is 10.3. The number of nitrogen functional groups attached to an aromatic ring is 1. The summed E-state index contributed by atoms with van der Waals surface area (Å²) in [5.41, 5.74) is 6.98. The van der Waals surface area contributed by atoms with Gasteiger partial charge in [-0.05, 0) is 12.1 Å². The van der Waals surface area contributed by atoms with Gasteiger partial charge in [0.25, 0.3) is 0 Å². The first kappa shape index (κ1) is 10.1. The number of hydrogen-bond acceptors (Lipinski definition) is 3. The van der Waals surface area contributed by atoms with Crippen molar-refractivity contribution in [2.75, 3.05) is 11.1 Å². The van der Waals surface area contributed by atoms with Crippen LogP contribution in [0.15, 0.2) is 24.4 Å². The number of rotatable bonds is 2. The first-order chi connectivity index (χ1) is 7.18. The van der Waals surface area contributed by atoms with Gasteiger partial charge < -0.3 is 11.1 Å². The summed E-state index contributed by atoms with van der Waals surface area (Å²) in [7, 11) is 0. The van der Waals surface area contributed by atoms with Gasteiger partial charge in [0.05, 0.1) is 21.9 Å². The molecule has 0 fully saturated rings. The van der Waals surface area contributed by atoms with Gasteiger partial charge in [-0.25, -0.2) is 0 Å². The van der Waals surface area contributed by atoms with E-state index in [1.807, 2.05) is 0 Å². The Morgan fingerprint density at radius 3 is 2.73 bits per heavy atom. The molecule has 0 atom stereocenters. The zero-order chi connectivity index (χ0) is 10.8. The second-order valence-corrected chi connectivity index (χ2v) is 3.71. The van der Waals surface area contributed by atoms with E-state index in [1.54, 1.807) is 24.4 Å². The molecule has 15 heavy (non-hydrogen) atoms. The molecule has 0 amide bonds. The third-order valence-electron chi connectivity index (χ3n) is 1.89. The quantitative estimate of drug-likeness (QED) is 0.759. The van der Waals surface area contributed by atoms with Gasteiger partial charge >= 0.3 is 0 Å². The molecule has 0 bridgehead atoms. The Balaban J connectivity index is 2.33. The van der Waals surface area contributed by atoms with Crippen LogP contribution in [0.4, 0.5) is 17.2 Å². The first-order valence-electron chi connectivity index (χ1n) is 4.18. The Morgan fingerprint density at radius 1 is 1.27 bits per heavy atom. The molecule has 0 aliphatic heterocycles. The Hall–Kier alpha value is -1.39. The lowest BCUT2D eigenvalue weighted by atomic mass is 10.3. The minimum absolute atomic E-state index is 0.450. The molecule has 0 unspecified atom stereocenters. The summed E-state index contributed by atoms with van der Waals surface area (Å²) in [6, 6.07) is 5.32.